The van der Waals surface area contributed by atoms with E-state index in [4.69, 9.17) is 4.74 Å². The second-order valence-electron chi connectivity index (χ2n) is 3.64. The number of hydrogen-bond donors (Lipinski definition) is 1. The summed E-state index contributed by atoms with van der Waals surface area (Å²) in [5.74, 6) is -0.0912. The van der Waals surface area contributed by atoms with E-state index >= 15 is 0 Å². The van der Waals surface area contributed by atoms with Crippen LogP contribution in [0.1, 0.15) is 24.1 Å². The standard InChI is InChI=1S/C12H17NO2/c1-9-5-4-6-11(7-9)10(2)13-12(14)8-15-3/h4-7,10H,8H2,1-3H3,(H,13,14)/t10-/m1/s1. The first kappa shape index (κ1) is 11.7. The number of amides is 1. The molecular formula is C12H17NO2. The van der Waals surface area contributed by atoms with Crippen LogP contribution in [-0.2, 0) is 9.53 Å². The summed E-state index contributed by atoms with van der Waals surface area (Å²) < 4.78 is 4.75. The molecule has 82 valence electrons. The number of carbonyl (C=O) groups is 1. The minimum atomic E-state index is -0.0912. The number of benzene rings is 1. The smallest absolute Gasteiger partial charge is 0.246 e. The molecule has 0 aliphatic rings. The van der Waals surface area contributed by atoms with Gasteiger partial charge in [0.2, 0.25) is 5.91 Å². The highest BCUT2D eigenvalue weighted by atomic mass is 16.5. The van der Waals surface area contributed by atoms with Gasteiger partial charge in [0, 0.05) is 7.11 Å². The Morgan fingerprint density at radius 1 is 1.53 bits per heavy atom. The van der Waals surface area contributed by atoms with Gasteiger partial charge < -0.3 is 10.1 Å². The van der Waals surface area contributed by atoms with Gasteiger partial charge in [0.05, 0.1) is 6.04 Å². The third-order valence-corrected chi connectivity index (χ3v) is 2.20. The van der Waals surface area contributed by atoms with Gasteiger partial charge in [-0.25, -0.2) is 0 Å². The van der Waals surface area contributed by atoms with E-state index < -0.39 is 0 Å². The zero-order valence-electron chi connectivity index (χ0n) is 9.41. The van der Waals surface area contributed by atoms with Gasteiger partial charge in [-0.05, 0) is 19.4 Å². The fourth-order valence-corrected chi connectivity index (χ4v) is 1.44. The predicted octanol–water partition coefficient (Wildman–Crippen LogP) is 1.82. The summed E-state index contributed by atoms with van der Waals surface area (Å²) in [7, 11) is 1.51. The molecule has 1 aromatic rings. The van der Waals surface area contributed by atoms with Crippen LogP contribution in [-0.4, -0.2) is 19.6 Å². The van der Waals surface area contributed by atoms with E-state index in [1.54, 1.807) is 0 Å². The SMILES string of the molecule is COCC(=O)N[C@H](C)c1cccc(C)c1. The number of aryl methyl sites for hydroxylation is 1. The molecule has 1 rings (SSSR count). The number of nitrogens with one attached hydrogen (secondary N) is 1. The van der Waals surface area contributed by atoms with Crippen molar-refractivity contribution >= 4 is 5.91 Å². The molecule has 0 aliphatic heterocycles. The summed E-state index contributed by atoms with van der Waals surface area (Å²) in [6, 6.07) is 8.12. The lowest BCUT2D eigenvalue weighted by molar-refractivity contribution is -0.125. The fourth-order valence-electron chi connectivity index (χ4n) is 1.44. The molecule has 0 heterocycles. The number of methoxy groups -OCH3 is 1. The van der Waals surface area contributed by atoms with Crippen LogP contribution < -0.4 is 5.32 Å². The quantitative estimate of drug-likeness (QED) is 0.817. The highest BCUT2D eigenvalue weighted by Gasteiger charge is 2.08. The second kappa shape index (κ2) is 5.51. The first-order valence-electron chi connectivity index (χ1n) is 4.98. The maximum absolute atomic E-state index is 11.3. The van der Waals surface area contributed by atoms with Crippen molar-refractivity contribution in [2.75, 3.05) is 13.7 Å². The first-order valence-corrected chi connectivity index (χ1v) is 4.98. The summed E-state index contributed by atoms with van der Waals surface area (Å²) in [6.45, 7) is 4.10. The van der Waals surface area contributed by atoms with Gasteiger partial charge in [0.1, 0.15) is 6.61 Å². The highest BCUT2D eigenvalue weighted by Crippen LogP contribution is 2.13. The average molecular weight is 207 g/mol. The van der Waals surface area contributed by atoms with Crippen molar-refractivity contribution in [2.45, 2.75) is 19.9 Å². The van der Waals surface area contributed by atoms with E-state index in [0.29, 0.717) is 0 Å². The zero-order chi connectivity index (χ0) is 11.3. The summed E-state index contributed by atoms with van der Waals surface area (Å²) in [5.41, 5.74) is 2.31. The Morgan fingerprint density at radius 2 is 2.27 bits per heavy atom. The Bertz CT molecular complexity index is 336. The first-order chi connectivity index (χ1) is 7.13. The topological polar surface area (TPSA) is 38.3 Å². The van der Waals surface area contributed by atoms with Gasteiger partial charge in [-0.2, -0.15) is 0 Å². The summed E-state index contributed by atoms with van der Waals surface area (Å²) >= 11 is 0. The van der Waals surface area contributed by atoms with Gasteiger partial charge in [0.15, 0.2) is 0 Å². The minimum Gasteiger partial charge on any atom is -0.375 e. The molecule has 1 N–H and O–H groups in total. The largest absolute Gasteiger partial charge is 0.375 e. The van der Waals surface area contributed by atoms with Crippen molar-refractivity contribution in [3.63, 3.8) is 0 Å². The number of rotatable bonds is 4. The van der Waals surface area contributed by atoms with Crippen molar-refractivity contribution < 1.29 is 9.53 Å². The van der Waals surface area contributed by atoms with E-state index in [-0.39, 0.29) is 18.6 Å². The molecule has 0 aliphatic carbocycles. The lowest BCUT2D eigenvalue weighted by atomic mass is 10.1. The van der Waals surface area contributed by atoms with Gasteiger partial charge in [-0.3, -0.25) is 4.79 Å². The van der Waals surface area contributed by atoms with Crippen molar-refractivity contribution in [2.24, 2.45) is 0 Å². The van der Waals surface area contributed by atoms with Crippen LogP contribution in [0.25, 0.3) is 0 Å². The molecular weight excluding hydrogens is 190 g/mol. The molecule has 15 heavy (non-hydrogen) atoms. The molecule has 0 unspecified atom stereocenters. The van der Waals surface area contributed by atoms with Crippen LogP contribution >= 0.6 is 0 Å². The van der Waals surface area contributed by atoms with Gasteiger partial charge in [-0.1, -0.05) is 29.8 Å². The maximum Gasteiger partial charge on any atom is 0.246 e. The van der Waals surface area contributed by atoms with Crippen LogP contribution in [0.3, 0.4) is 0 Å². The molecule has 0 saturated carbocycles. The molecule has 1 aromatic carbocycles. The van der Waals surface area contributed by atoms with Crippen LogP contribution in [0.5, 0.6) is 0 Å². The molecule has 1 atom stereocenters. The van der Waals surface area contributed by atoms with Gasteiger partial charge in [-0.15, -0.1) is 0 Å². The number of hydrogen-bond acceptors (Lipinski definition) is 2. The number of ether oxygens (including phenoxy) is 1. The number of carbonyl (C=O) groups excluding carboxylic acids is 1. The summed E-state index contributed by atoms with van der Waals surface area (Å²) in [4.78, 5) is 11.3. The normalized spacial score (nSPS) is 12.2. The van der Waals surface area contributed by atoms with Crippen molar-refractivity contribution in [1.82, 2.24) is 5.32 Å². The molecule has 0 saturated heterocycles. The summed E-state index contributed by atoms with van der Waals surface area (Å²) in [6.07, 6.45) is 0. The minimum absolute atomic E-state index is 0.0209. The van der Waals surface area contributed by atoms with Crippen LogP contribution in [0.15, 0.2) is 24.3 Å². The Hall–Kier alpha value is -1.35. The lowest BCUT2D eigenvalue weighted by Gasteiger charge is -2.14. The van der Waals surface area contributed by atoms with E-state index in [2.05, 4.69) is 11.4 Å². The molecule has 1 amide bonds. The highest BCUT2D eigenvalue weighted by molar-refractivity contribution is 5.77. The molecule has 0 radical (unpaired) electrons. The van der Waals surface area contributed by atoms with Gasteiger partial charge >= 0.3 is 0 Å². The third kappa shape index (κ3) is 3.72. The Labute approximate surface area is 90.4 Å². The average Bonchev–Trinajstić information content (AvgIpc) is 2.18. The molecule has 0 aromatic heterocycles. The molecule has 0 bridgehead atoms. The Kier molecular flexibility index (Phi) is 4.31. The Morgan fingerprint density at radius 3 is 2.87 bits per heavy atom. The van der Waals surface area contributed by atoms with Crippen molar-refractivity contribution in [3.8, 4) is 0 Å². The summed E-state index contributed by atoms with van der Waals surface area (Å²) in [5, 5.41) is 2.86. The van der Waals surface area contributed by atoms with Crippen LogP contribution in [0.4, 0.5) is 0 Å². The Balaban J connectivity index is 2.60. The van der Waals surface area contributed by atoms with Crippen LogP contribution in [0, 0.1) is 6.92 Å². The van der Waals surface area contributed by atoms with Crippen LogP contribution in [0.2, 0.25) is 0 Å². The predicted molar refractivity (Wildman–Crippen MR) is 59.6 cm³/mol. The third-order valence-electron chi connectivity index (χ3n) is 2.20. The monoisotopic (exact) mass is 207 g/mol. The molecule has 3 heteroatoms. The van der Waals surface area contributed by atoms with Crippen molar-refractivity contribution in [1.29, 1.82) is 0 Å². The zero-order valence-corrected chi connectivity index (χ0v) is 9.41. The maximum atomic E-state index is 11.3. The van der Waals surface area contributed by atoms with E-state index in [9.17, 15) is 4.79 Å². The second-order valence-corrected chi connectivity index (χ2v) is 3.64. The molecule has 3 nitrogen and oxygen atoms in total. The van der Waals surface area contributed by atoms with E-state index in [0.717, 1.165) is 5.56 Å². The van der Waals surface area contributed by atoms with Gasteiger partial charge in [0.25, 0.3) is 0 Å². The van der Waals surface area contributed by atoms with E-state index in [1.165, 1.54) is 12.7 Å². The van der Waals surface area contributed by atoms with E-state index in [1.807, 2.05) is 32.0 Å². The molecule has 0 spiro atoms. The lowest BCUT2D eigenvalue weighted by Crippen LogP contribution is -2.29. The van der Waals surface area contributed by atoms with Crippen molar-refractivity contribution in [3.05, 3.63) is 35.4 Å². The fraction of sp³-hybridized carbons (Fsp3) is 0.417. The molecule has 0 fully saturated rings.